The molecule has 0 unspecified atom stereocenters. The number of ketones is 1. The number of aromatic nitrogens is 2. The molecule has 288 valence electrons. The number of carbonyl (C=O) groups excluding carboxylic acids is 3. The smallest absolute Gasteiger partial charge is 0.336 e. The minimum Gasteiger partial charge on any atom is -0.497 e. The topological polar surface area (TPSA) is 193 Å². The number of rotatable bonds is 21. The van der Waals surface area contributed by atoms with Crippen molar-refractivity contribution in [1.29, 1.82) is 0 Å². The molecule has 0 atom stereocenters. The Bertz CT molecular complexity index is 2280. The van der Waals surface area contributed by atoms with Crippen LogP contribution in [0.25, 0.3) is 27.6 Å². The van der Waals surface area contributed by atoms with Crippen molar-refractivity contribution in [2.45, 2.75) is 6.42 Å². The predicted octanol–water partition coefficient (Wildman–Crippen LogP) is 2.85. The second-order valence-electron chi connectivity index (χ2n) is 12.0. The van der Waals surface area contributed by atoms with Gasteiger partial charge < -0.3 is 42.9 Å². The van der Waals surface area contributed by atoms with E-state index in [2.05, 4.69) is 10.3 Å². The Kier molecular flexibility index (Phi) is 13.3. The van der Waals surface area contributed by atoms with Gasteiger partial charge in [-0.2, -0.15) is 0 Å². The maximum Gasteiger partial charge on any atom is 0.336 e. The number of anilines is 1. The molecule has 0 bridgehead atoms. The van der Waals surface area contributed by atoms with Gasteiger partial charge in [0.15, 0.2) is 5.82 Å². The molecule has 3 aromatic carbocycles. The Balaban J connectivity index is 0.754. The molecule has 16 heteroatoms. The van der Waals surface area contributed by atoms with Gasteiger partial charge in [0, 0.05) is 23.2 Å². The summed E-state index contributed by atoms with van der Waals surface area (Å²) in [7, 11) is 1.51. The van der Waals surface area contributed by atoms with Crippen LogP contribution in [0.4, 0.5) is 5.69 Å². The largest absolute Gasteiger partial charge is 0.497 e. The van der Waals surface area contributed by atoms with E-state index in [0.29, 0.717) is 89.8 Å². The minimum atomic E-state index is -0.566. The molecule has 5 aromatic rings. The Morgan fingerprint density at radius 2 is 1.38 bits per heavy atom. The third-order valence-corrected chi connectivity index (χ3v) is 8.37. The number of methoxy groups -OCH3 is 1. The predicted molar refractivity (Wildman–Crippen MR) is 197 cm³/mol. The molecule has 1 aliphatic rings. The maximum atomic E-state index is 13.3. The van der Waals surface area contributed by atoms with Gasteiger partial charge in [-0.3, -0.25) is 23.7 Å². The van der Waals surface area contributed by atoms with Gasteiger partial charge in [-0.15, -0.1) is 0 Å². The zero-order chi connectivity index (χ0) is 38.6. The van der Waals surface area contributed by atoms with Gasteiger partial charge in [-0.1, -0.05) is 12.1 Å². The molecule has 2 aromatic heterocycles. The van der Waals surface area contributed by atoms with Gasteiger partial charge in [0.2, 0.25) is 5.78 Å². The van der Waals surface area contributed by atoms with Crippen molar-refractivity contribution in [2.24, 2.45) is 0 Å². The van der Waals surface area contributed by atoms with E-state index in [4.69, 9.17) is 37.6 Å². The number of carbonyl (C=O) groups is 3. The average molecular weight is 758 g/mol. The van der Waals surface area contributed by atoms with Crippen LogP contribution in [0.2, 0.25) is 0 Å². The maximum absolute atomic E-state index is 13.3. The first-order valence-electron chi connectivity index (χ1n) is 17.5. The van der Waals surface area contributed by atoms with Crippen LogP contribution in [0.5, 0.6) is 5.75 Å². The number of benzene rings is 3. The van der Waals surface area contributed by atoms with E-state index in [1.807, 2.05) is 0 Å². The van der Waals surface area contributed by atoms with Gasteiger partial charge in [-0.05, 0) is 48.0 Å². The van der Waals surface area contributed by atoms with Crippen LogP contribution in [0.15, 0.2) is 80.7 Å². The number of ether oxygens (including phenoxy) is 7. The normalized spacial score (nSPS) is 11.8. The molecule has 0 saturated heterocycles. The molecular formula is C39H39N3O13. The molecule has 3 heterocycles. The summed E-state index contributed by atoms with van der Waals surface area (Å²) in [5.41, 5.74) is 1.74. The van der Waals surface area contributed by atoms with Crippen molar-refractivity contribution in [3.05, 3.63) is 104 Å². The second kappa shape index (κ2) is 18.9. The lowest BCUT2D eigenvalue weighted by Crippen LogP contribution is -2.22. The first-order valence-corrected chi connectivity index (χ1v) is 17.5. The van der Waals surface area contributed by atoms with Crippen LogP contribution in [-0.4, -0.2) is 107 Å². The van der Waals surface area contributed by atoms with Crippen LogP contribution in [0.3, 0.4) is 0 Å². The van der Waals surface area contributed by atoms with Crippen LogP contribution < -0.4 is 21.2 Å². The summed E-state index contributed by atoms with van der Waals surface area (Å²) >= 11 is 0. The zero-order valence-electron chi connectivity index (χ0n) is 30.0. The van der Waals surface area contributed by atoms with Gasteiger partial charge in [0.05, 0.1) is 88.5 Å². The van der Waals surface area contributed by atoms with Crippen molar-refractivity contribution in [1.82, 2.24) is 9.55 Å². The number of esters is 2. The molecule has 0 fully saturated rings. The van der Waals surface area contributed by atoms with Crippen LogP contribution >= 0.6 is 0 Å². The van der Waals surface area contributed by atoms with E-state index in [-0.39, 0.29) is 56.6 Å². The SMILES string of the molecule is COc1ccc2c(CC(=O)OCCOCCOCCOCCOCCOC(=O)CNc3ccc4nc5n(c(=O)c4c3)-c3ccccc3C5=O)cc(=O)oc2c1. The highest BCUT2D eigenvalue weighted by molar-refractivity contribution is 6.13. The minimum absolute atomic E-state index is 0.0570. The van der Waals surface area contributed by atoms with Crippen molar-refractivity contribution >= 4 is 45.3 Å². The number of nitrogens with zero attached hydrogens (tertiary/aromatic N) is 2. The molecule has 0 amide bonds. The molecule has 0 saturated carbocycles. The fourth-order valence-corrected chi connectivity index (χ4v) is 5.76. The summed E-state index contributed by atoms with van der Waals surface area (Å²) in [5, 5.41) is 3.89. The Hall–Kier alpha value is -5.94. The van der Waals surface area contributed by atoms with Gasteiger partial charge >= 0.3 is 17.6 Å². The molecule has 16 nitrogen and oxygen atoms in total. The Labute approximate surface area is 313 Å². The van der Waals surface area contributed by atoms with Crippen molar-refractivity contribution in [3.8, 4) is 11.4 Å². The fourth-order valence-electron chi connectivity index (χ4n) is 5.76. The molecule has 6 rings (SSSR count). The molecule has 0 radical (unpaired) electrons. The summed E-state index contributed by atoms with van der Waals surface area (Å²) < 4.78 is 43.9. The van der Waals surface area contributed by atoms with Crippen molar-refractivity contribution in [3.63, 3.8) is 0 Å². The lowest BCUT2D eigenvalue weighted by Gasteiger charge is -2.10. The number of hydrogen-bond donors (Lipinski definition) is 1. The summed E-state index contributed by atoms with van der Waals surface area (Å²) in [6, 6.07) is 18.1. The first-order chi connectivity index (χ1) is 26.8. The molecule has 1 N–H and O–H groups in total. The summed E-state index contributed by atoms with van der Waals surface area (Å²) in [6.07, 6.45) is -0.0866. The Morgan fingerprint density at radius 3 is 2.07 bits per heavy atom. The van der Waals surface area contributed by atoms with Gasteiger partial charge in [0.1, 0.15) is 31.1 Å². The van der Waals surface area contributed by atoms with E-state index < -0.39 is 17.6 Å². The lowest BCUT2D eigenvalue weighted by atomic mass is 10.1. The molecule has 0 aliphatic carbocycles. The monoisotopic (exact) mass is 757 g/mol. The number of para-hydroxylation sites is 1. The summed E-state index contributed by atoms with van der Waals surface area (Å²) in [4.78, 5) is 66.8. The number of hydrogen-bond acceptors (Lipinski definition) is 15. The highest BCUT2D eigenvalue weighted by Crippen LogP contribution is 2.27. The fraction of sp³-hybridized carbons (Fsp3) is 0.333. The number of nitrogens with one attached hydrogen (secondary N) is 1. The standard InChI is InChI=1S/C39H39N3O13/c1-48-27-7-8-28-25(21-35(44)55-33(28)23-27)20-34(43)53-18-16-51-14-12-49-10-11-50-13-15-52-17-19-54-36(45)24-40-26-6-9-31-30(22-26)39(47)42-32-5-3-2-4-29(32)37(46)38(42)41-31/h2-9,21-23,40H,10-20,24H2,1H3. The zero-order valence-corrected chi connectivity index (χ0v) is 30.0. The molecule has 55 heavy (non-hydrogen) atoms. The highest BCUT2D eigenvalue weighted by Gasteiger charge is 2.30. The van der Waals surface area contributed by atoms with Crippen molar-refractivity contribution < 1.29 is 52.0 Å². The molecular weight excluding hydrogens is 718 g/mol. The van der Waals surface area contributed by atoms with Gasteiger partial charge in [-0.25, -0.2) is 9.78 Å². The van der Waals surface area contributed by atoms with E-state index >= 15 is 0 Å². The average Bonchev–Trinajstić information content (AvgIpc) is 3.47. The summed E-state index contributed by atoms with van der Waals surface area (Å²) in [5.74, 6) is -0.675. The quantitative estimate of drug-likeness (QED) is 0.0640. The molecule has 1 aliphatic heterocycles. The van der Waals surface area contributed by atoms with Crippen LogP contribution in [0.1, 0.15) is 21.7 Å². The second-order valence-corrected chi connectivity index (χ2v) is 12.0. The Morgan fingerprint density at radius 1 is 0.727 bits per heavy atom. The molecule has 0 spiro atoms. The van der Waals surface area contributed by atoms with Crippen LogP contribution in [-0.2, 0) is 44.4 Å². The lowest BCUT2D eigenvalue weighted by molar-refractivity contribution is -0.145. The van der Waals surface area contributed by atoms with Gasteiger partial charge in [0.25, 0.3) is 5.56 Å². The highest BCUT2D eigenvalue weighted by atomic mass is 16.6. The van der Waals surface area contributed by atoms with E-state index in [1.54, 1.807) is 60.7 Å². The van der Waals surface area contributed by atoms with Crippen LogP contribution in [0, 0.1) is 0 Å². The summed E-state index contributed by atoms with van der Waals surface area (Å²) in [6.45, 7) is 2.36. The third kappa shape index (κ3) is 9.98. The van der Waals surface area contributed by atoms with Crippen molar-refractivity contribution in [2.75, 3.05) is 85.0 Å². The first kappa shape index (κ1) is 38.8. The third-order valence-electron chi connectivity index (χ3n) is 8.37. The van der Waals surface area contributed by atoms with E-state index in [1.165, 1.54) is 17.7 Å². The van der Waals surface area contributed by atoms with E-state index in [0.717, 1.165) is 0 Å². The van der Waals surface area contributed by atoms with E-state index in [9.17, 15) is 24.0 Å². The number of fused-ring (bicyclic) bond motifs is 5.